The van der Waals surface area contributed by atoms with Crippen LogP contribution in [0.25, 0.3) is 10.6 Å². The van der Waals surface area contributed by atoms with E-state index < -0.39 is 0 Å². The molecule has 0 aliphatic rings. The highest BCUT2D eigenvalue weighted by atomic mass is 32.1. The summed E-state index contributed by atoms with van der Waals surface area (Å²) in [6, 6.07) is 4.21. The molecule has 0 aliphatic carbocycles. The molecule has 0 aliphatic heterocycles. The number of thiazole rings is 1. The Kier molecular flexibility index (Phi) is 3.81. The molecule has 2 nitrogen and oxygen atoms in total. The van der Waals surface area contributed by atoms with Gasteiger partial charge in [0.05, 0.1) is 5.69 Å². The molecule has 3 heteroatoms. The highest BCUT2D eigenvalue weighted by Gasteiger charge is 2.17. The van der Waals surface area contributed by atoms with E-state index in [9.17, 15) is 0 Å². The van der Waals surface area contributed by atoms with Gasteiger partial charge in [-0.05, 0) is 18.6 Å². The number of pyridine rings is 1. The van der Waals surface area contributed by atoms with Crippen molar-refractivity contribution in [3.63, 3.8) is 0 Å². The Balaban J connectivity index is 2.31. The van der Waals surface area contributed by atoms with Crippen LogP contribution < -0.4 is 0 Å². The van der Waals surface area contributed by atoms with Crippen LogP contribution in [0.15, 0.2) is 23.7 Å². The highest BCUT2D eigenvalue weighted by Crippen LogP contribution is 2.29. The summed E-state index contributed by atoms with van der Waals surface area (Å²) >= 11 is 1.72. The molecule has 0 atom stereocenters. The second kappa shape index (κ2) is 5.19. The fourth-order valence-corrected chi connectivity index (χ4v) is 2.80. The summed E-state index contributed by atoms with van der Waals surface area (Å²) in [5, 5.41) is 3.26. The fourth-order valence-electron chi connectivity index (χ4n) is 1.75. The summed E-state index contributed by atoms with van der Waals surface area (Å²) in [7, 11) is 0. The van der Waals surface area contributed by atoms with Gasteiger partial charge < -0.3 is 0 Å². The van der Waals surface area contributed by atoms with Crippen LogP contribution in [0.5, 0.6) is 0 Å². The summed E-state index contributed by atoms with van der Waals surface area (Å²) in [6.45, 7) is 8.76. The van der Waals surface area contributed by atoms with Crippen molar-refractivity contribution in [2.75, 3.05) is 0 Å². The average molecular weight is 260 g/mol. The van der Waals surface area contributed by atoms with E-state index in [0.717, 1.165) is 29.2 Å². The zero-order chi connectivity index (χ0) is 13.2. The largest absolute Gasteiger partial charge is 0.261 e. The van der Waals surface area contributed by atoms with Gasteiger partial charge in [0, 0.05) is 28.2 Å². The summed E-state index contributed by atoms with van der Waals surface area (Å²) < 4.78 is 0. The molecular weight excluding hydrogens is 240 g/mol. The molecule has 2 heterocycles. The van der Waals surface area contributed by atoms with Crippen molar-refractivity contribution in [2.24, 2.45) is 0 Å². The Morgan fingerprint density at radius 3 is 2.67 bits per heavy atom. The van der Waals surface area contributed by atoms with Crippen LogP contribution in [-0.4, -0.2) is 9.97 Å². The van der Waals surface area contributed by atoms with Crippen LogP contribution in [0.2, 0.25) is 0 Å². The van der Waals surface area contributed by atoms with E-state index in [0.29, 0.717) is 0 Å². The van der Waals surface area contributed by atoms with Gasteiger partial charge in [-0.1, -0.05) is 34.1 Å². The molecule has 2 aromatic rings. The Bertz CT molecular complexity index is 523. The van der Waals surface area contributed by atoms with Crippen LogP contribution in [0.4, 0.5) is 0 Å². The lowest BCUT2D eigenvalue weighted by molar-refractivity contribution is 0.573. The van der Waals surface area contributed by atoms with Gasteiger partial charge in [0.1, 0.15) is 5.01 Å². The summed E-state index contributed by atoms with van der Waals surface area (Å²) in [4.78, 5) is 9.13. The first-order valence-electron chi connectivity index (χ1n) is 6.42. The van der Waals surface area contributed by atoms with Gasteiger partial charge >= 0.3 is 0 Å². The number of hydrogen-bond acceptors (Lipinski definition) is 3. The molecule has 0 saturated heterocycles. The van der Waals surface area contributed by atoms with Crippen LogP contribution >= 0.6 is 11.3 Å². The lowest BCUT2D eigenvalue weighted by atomic mass is 9.93. The first kappa shape index (κ1) is 13.2. The molecule has 0 bridgehead atoms. The zero-order valence-electron chi connectivity index (χ0n) is 11.5. The number of nitrogens with zero attached hydrogens (tertiary/aromatic N) is 2. The first-order valence-corrected chi connectivity index (χ1v) is 7.30. The molecule has 0 saturated carbocycles. The number of rotatable bonds is 3. The third kappa shape index (κ3) is 2.96. The molecule has 0 spiro atoms. The molecule has 2 aromatic heterocycles. The van der Waals surface area contributed by atoms with Gasteiger partial charge in [-0.15, -0.1) is 11.3 Å². The van der Waals surface area contributed by atoms with E-state index in [1.54, 1.807) is 11.3 Å². The Morgan fingerprint density at radius 2 is 2.06 bits per heavy atom. The number of aryl methyl sites for hydroxylation is 1. The van der Waals surface area contributed by atoms with E-state index in [4.69, 9.17) is 4.98 Å². The molecule has 0 fully saturated rings. The van der Waals surface area contributed by atoms with Crippen molar-refractivity contribution in [1.29, 1.82) is 0 Å². The smallest absolute Gasteiger partial charge is 0.123 e. The van der Waals surface area contributed by atoms with Crippen LogP contribution in [-0.2, 0) is 11.8 Å². The summed E-state index contributed by atoms with van der Waals surface area (Å²) in [5.74, 6) is 0. The number of aromatic nitrogens is 2. The lowest BCUT2D eigenvalue weighted by Gasteiger charge is -2.14. The van der Waals surface area contributed by atoms with Crippen molar-refractivity contribution < 1.29 is 0 Å². The predicted molar refractivity (Wildman–Crippen MR) is 78.0 cm³/mol. The molecule has 0 radical (unpaired) electrons. The Labute approximate surface area is 113 Å². The van der Waals surface area contributed by atoms with Gasteiger partial charge in [0.2, 0.25) is 0 Å². The van der Waals surface area contributed by atoms with Gasteiger partial charge in [0.15, 0.2) is 0 Å². The zero-order valence-corrected chi connectivity index (χ0v) is 12.3. The molecule has 96 valence electrons. The number of hydrogen-bond donors (Lipinski definition) is 0. The molecule has 18 heavy (non-hydrogen) atoms. The predicted octanol–water partition coefficient (Wildman–Crippen LogP) is 4.46. The van der Waals surface area contributed by atoms with Crippen LogP contribution in [0, 0.1) is 0 Å². The minimum absolute atomic E-state index is 0.119. The van der Waals surface area contributed by atoms with Gasteiger partial charge in [0.25, 0.3) is 0 Å². The maximum absolute atomic E-state index is 4.74. The van der Waals surface area contributed by atoms with Crippen molar-refractivity contribution >= 4 is 11.3 Å². The molecular formula is C15H20N2S. The maximum Gasteiger partial charge on any atom is 0.123 e. The molecule has 0 unspecified atom stereocenters. The van der Waals surface area contributed by atoms with Crippen molar-refractivity contribution in [1.82, 2.24) is 9.97 Å². The van der Waals surface area contributed by atoms with Crippen LogP contribution in [0.3, 0.4) is 0 Å². The van der Waals surface area contributed by atoms with E-state index in [1.165, 1.54) is 5.56 Å². The van der Waals surface area contributed by atoms with E-state index in [-0.39, 0.29) is 5.41 Å². The van der Waals surface area contributed by atoms with Crippen molar-refractivity contribution in [2.45, 2.75) is 46.0 Å². The summed E-state index contributed by atoms with van der Waals surface area (Å²) in [5.41, 5.74) is 3.63. The maximum atomic E-state index is 4.74. The topological polar surface area (TPSA) is 25.8 Å². The fraction of sp³-hybridized carbons (Fsp3) is 0.467. The highest BCUT2D eigenvalue weighted by molar-refractivity contribution is 7.13. The second-order valence-corrected chi connectivity index (χ2v) is 6.43. The van der Waals surface area contributed by atoms with Gasteiger partial charge in [-0.25, -0.2) is 4.98 Å². The Morgan fingerprint density at radius 1 is 1.28 bits per heavy atom. The summed E-state index contributed by atoms with van der Waals surface area (Å²) in [6.07, 6.45) is 4.05. The molecule has 0 amide bonds. The second-order valence-electron chi connectivity index (χ2n) is 5.57. The third-order valence-electron chi connectivity index (χ3n) is 2.84. The minimum Gasteiger partial charge on any atom is -0.261 e. The molecule has 2 rings (SSSR count). The first-order chi connectivity index (χ1) is 8.50. The standard InChI is InChI=1S/C15H20N2S/c1-5-6-12-9-11(7-8-16-12)14-17-13(10-18-14)15(2,3)4/h7-10H,5-6H2,1-4H3. The quantitative estimate of drug-likeness (QED) is 0.814. The van der Waals surface area contributed by atoms with Gasteiger partial charge in [-0.3, -0.25) is 4.98 Å². The normalized spacial score (nSPS) is 11.8. The van der Waals surface area contributed by atoms with E-state index in [2.05, 4.69) is 44.1 Å². The van der Waals surface area contributed by atoms with Gasteiger partial charge in [-0.2, -0.15) is 0 Å². The molecule has 0 aromatic carbocycles. The van der Waals surface area contributed by atoms with Crippen molar-refractivity contribution in [3.8, 4) is 10.6 Å². The SMILES string of the molecule is CCCc1cc(-c2nc(C(C)(C)C)cs2)ccn1. The monoisotopic (exact) mass is 260 g/mol. The molecule has 0 N–H and O–H groups in total. The van der Waals surface area contributed by atoms with E-state index >= 15 is 0 Å². The Hall–Kier alpha value is -1.22. The van der Waals surface area contributed by atoms with Crippen LogP contribution in [0.1, 0.15) is 45.5 Å². The average Bonchev–Trinajstić information content (AvgIpc) is 2.78. The van der Waals surface area contributed by atoms with Crippen molar-refractivity contribution in [3.05, 3.63) is 35.1 Å². The minimum atomic E-state index is 0.119. The van der Waals surface area contributed by atoms with E-state index in [1.807, 2.05) is 12.3 Å². The lowest BCUT2D eigenvalue weighted by Crippen LogP contribution is -2.11. The third-order valence-corrected chi connectivity index (χ3v) is 3.73.